The topological polar surface area (TPSA) is 41.1 Å². The van der Waals surface area contributed by atoms with Crippen molar-refractivity contribution in [2.45, 2.75) is 25.3 Å². The lowest BCUT2D eigenvalue weighted by molar-refractivity contribution is -0.117. The molecule has 0 aromatic heterocycles. The van der Waals surface area contributed by atoms with Gasteiger partial charge in [-0.15, -0.1) is 0 Å². The first-order valence-corrected chi connectivity index (χ1v) is 8.20. The molecule has 3 nitrogen and oxygen atoms in total. The van der Waals surface area contributed by atoms with E-state index in [2.05, 4.69) is 16.7 Å². The third kappa shape index (κ3) is 2.91. The maximum absolute atomic E-state index is 13.3. The van der Waals surface area contributed by atoms with E-state index in [1.807, 2.05) is 12.1 Å². The summed E-state index contributed by atoms with van der Waals surface area (Å²) in [7, 11) is 0. The second-order valence-electron chi connectivity index (χ2n) is 6.52. The quantitative estimate of drug-likeness (QED) is 0.907. The Balaban J connectivity index is 1.43. The summed E-state index contributed by atoms with van der Waals surface area (Å²) in [6.07, 6.45) is 1.67. The molecule has 2 aromatic rings. The van der Waals surface area contributed by atoms with Gasteiger partial charge in [0, 0.05) is 18.2 Å². The summed E-state index contributed by atoms with van der Waals surface area (Å²) in [6.45, 7) is 1.80. The molecule has 1 aliphatic heterocycles. The largest absolute Gasteiger partial charge is 0.326 e. The average molecular weight is 328 g/mol. The van der Waals surface area contributed by atoms with E-state index in [-0.39, 0.29) is 17.7 Å². The Hall–Kier alpha value is -2.27. The maximum atomic E-state index is 13.3. The number of fused-ring (bicyclic) bond motifs is 1. The first-order valence-electron chi connectivity index (χ1n) is 8.20. The Morgan fingerprint density at radius 2 is 1.96 bits per heavy atom. The summed E-state index contributed by atoms with van der Waals surface area (Å²) in [5.74, 6) is -1.99. The first-order chi connectivity index (χ1) is 11.6. The molecule has 1 heterocycles. The average Bonchev–Trinajstić information content (AvgIpc) is 3.38. The lowest BCUT2D eigenvalue weighted by Crippen LogP contribution is -2.24. The number of hydrogen-bond donors (Lipinski definition) is 2. The van der Waals surface area contributed by atoms with Crippen molar-refractivity contribution in [1.29, 1.82) is 0 Å². The van der Waals surface area contributed by atoms with Gasteiger partial charge in [0.05, 0.1) is 0 Å². The molecule has 2 aliphatic rings. The second-order valence-corrected chi connectivity index (χ2v) is 6.52. The van der Waals surface area contributed by atoms with E-state index in [4.69, 9.17) is 0 Å². The van der Waals surface area contributed by atoms with Crippen molar-refractivity contribution in [3.05, 3.63) is 64.7 Å². The maximum Gasteiger partial charge on any atom is 0.228 e. The fraction of sp³-hybridized carbons (Fsp3) is 0.316. The summed E-state index contributed by atoms with van der Waals surface area (Å²) in [4.78, 5) is 12.4. The number of nitrogens with one attached hydrogen (secondary N) is 2. The van der Waals surface area contributed by atoms with E-state index in [1.165, 1.54) is 17.2 Å². The molecule has 2 atom stereocenters. The molecule has 24 heavy (non-hydrogen) atoms. The molecule has 124 valence electrons. The van der Waals surface area contributed by atoms with Crippen LogP contribution in [0.3, 0.4) is 0 Å². The van der Waals surface area contributed by atoms with Crippen LogP contribution in [-0.2, 0) is 17.8 Å². The smallest absolute Gasteiger partial charge is 0.228 e. The Labute approximate surface area is 139 Å². The van der Waals surface area contributed by atoms with Crippen molar-refractivity contribution in [1.82, 2.24) is 5.32 Å². The number of carbonyl (C=O) groups excluding carboxylic acids is 1. The van der Waals surface area contributed by atoms with Crippen LogP contribution in [0.25, 0.3) is 0 Å². The summed E-state index contributed by atoms with van der Waals surface area (Å²) < 4.78 is 26.3. The summed E-state index contributed by atoms with van der Waals surface area (Å²) in [5.41, 5.74) is 4.01. The van der Waals surface area contributed by atoms with Crippen molar-refractivity contribution in [3.8, 4) is 0 Å². The molecule has 2 aromatic carbocycles. The van der Waals surface area contributed by atoms with Gasteiger partial charge in [0.15, 0.2) is 11.6 Å². The zero-order chi connectivity index (χ0) is 16.7. The van der Waals surface area contributed by atoms with Crippen molar-refractivity contribution in [2.75, 3.05) is 11.9 Å². The summed E-state index contributed by atoms with van der Waals surface area (Å²) in [6, 6.07) is 9.87. The number of carbonyl (C=O) groups is 1. The van der Waals surface area contributed by atoms with Crippen LogP contribution in [-0.4, -0.2) is 12.5 Å². The standard InChI is InChI=1S/C19H18F2N2O/c20-17-4-2-12(8-18(17)21)15-9-16(15)19(24)23-14-3-1-11-5-6-22-10-13(11)7-14/h1-4,7-8,15-16,22H,5-6,9-10H2,(H,23,24). The SMILES string of the molecule is O=C(Nc1ccc2c(c1)CNCC2)C1CC1c1ccc(F)c(F)c1. The van der Waals surface area contributed by atoms with Crippen LogP contribution in [0, 0.1) is 17.6 Å². The minimum Gasteiger partial charge on any atom is -0.326 e. The molecule has 0 spiro atoms. The van der Waals surface area contributed by atoms with Gasteiger partial charge in [-0.3, -0.25) is 4.79 Å². The van der Waals surface area contributed by atoms with Crippen LogP contribution in [0.2, 0.25) is 0 Å². The van der Waals surface area contributed by atoms with Gasteiger partial charge < -0.3 is 10.6 Å². The van der Waals surface area contributed by atoms with Gasteiger partial charge >= 0.3 is 0 Å². The van der Waals surface area contributed by atoms with Gasteiger partial charge in [-0.1, -0.05) is 12.1 Å². The normalized spacial score (nSPS) is 21.9. The molecule has 5 heteroatoms. The van der Waals surface area contributed by atoms with Crippen molar-refractivity contribution < 1.29 is 13.6 Å². The molecule has 1 fully saturated rings. The second kappa shape index (κ2) is 5.98. The van der Waals surface area contributed by atoms with Crippen LogP contribution in [0.5, 0.6) is 0 Å². The highest BCUT2D eigenvalue weighted by molar-refractivity contribution is 5.95. The van der Waals surface area contributed by atoms with E-state index in [0.717, 1.165) is 31.3 Å². The number of benzene rings is 2. The Morgan fingerprint density at radius 1 is 1.08 bits per heavy atom. The Kier molecular flexibility index (Phi) is 3.81. The third-order valence-electron chi connectivity index (χ3n) is 4.86. The van der Waals surface area contributed by atoms with Crippen LogP contribution in [0.4, 0.5) is 14.5 Å². The monoisotopic (exact) mass is 328 g/mol. The number of halogens is 2. The molecular formula is C19H18F2N2O. The Morgan fingerprint density at radius 3 is 2.79 bits per heavy atom. The van der Waals surface area contributed by atoms with Gasteiger partial charge in [-0.05, 0) is 66.3 Å². The minimum atomic E-state index is -0.860. The van der Waals surface area contributed by atoms with Crippen LogP contribution in [0.15, 0.2) is 36.4 Å². The highest BCUT2D eigenvalue weighted by atomic mass is 19.2. The van der Waals surface area contributed by atoms with Crippen molar-refractivity contribution >= 4 is 11.6 Å². The zero-order valence-electron chi connectivity index (χ0n) is 13.1. The number of anilines is 1. The molecule has 0 radical (unpaired) electrons. The highest BCUT2D eigenvalue weighted by Crippen LogP contribution is 2.48. The molecule has 4 rings (SSSR count). The summed E-state index contributed by atoms with van der Waals surface area (Å²) >= 11 is 0. The van der Waals surface area contributed by atoms with E-state index in [0.29, 0.717) is 12.0 Å². The van der Waals surface area contributed by atoms with Crippen LogP contribution in [0.1, 0.15) is 29.0 Å². The van der Waals surface area contributed by atoms with Gasteiger partial charge in [-0.25, -0.2) is 8.78 Å². The van der Waals surface area contributed by atoms with E-state index in [9.17, 15) is 13.6 Å². The minimum absolute atomic E-state index is 0.0283. The third-order valence-corrected chi connectivity index (χ3v) is 4.86. The lowest BCUT2D eigenvalue weighted by atomic mass is 10.0. The van der Waals surface area contributed by atoms with Gasteiger partial charge in [0.25, 0.3) is 0 Å². The van der Waals surface area contributed by atoms with E-state index < -0.39 is 11.6 Å². The zero-order valence-corrected chi connectivity index (χ0v) is 13.1. The predicted octanol–water partition coefficient (Wildman–Crippen LogP) is 3.35. The van der Waals surface area contributed by atoms with Gasteiger partial charge in [0.2, 0.25) is 5.91 Å². The number of amides is 1. The highest BCUT2D eigenvalue weighted by Gasteiger charge is 2.44. The number of rotatable bonds is 3. The van der Waals surface area contributed by atoms with E-state index in [1.54, 1.807) is 6.07 Å². The molecule has 1 saturated carbocycles. The van der Waals surface area contributed by atoms with Crippen molar-refractivity contribution in [3.63, 3.8) is 0 Å². The predicted molar refractivity (Wildman–Crippen MR) is 87.7 cm³/mol. The molecule has 1 amide bonds. The lowest BCUT2D eigenvalue weighted by Gasteiger charge is -2.18. The molecule has 2 N–H and O–H groups in total. The Bertz CT molecular complexity index is 806. The molecule has 0 saturated heterocycles. The summed E-state index contributed by atoms with van der Waals surface area (Å²) in [5, 5.41) is 6.26. The van der Waals surface area contributed by atoms with Gasteiger partial charge in [0.1, 0.15) is 0 Å². The van der Waals surface area contributed by atoms with Crippen LogP contribution < -0.4 is 10.6 Å². The molecule has 2 unspecified atom stereocenters. The van der Waals surface area contributed by atoms with Gasteiger partial charge in [-0.2, -0.15) is 0 Å². The van der Waals surface area contributed by atoms with E-state index >= 15 is 0 Å². The van der Waals surface area contributed by atoms with Crippen molar-refractivity contribution in [2.24, 2.45) is 5.92 Å². The fourth-order valence-electron chi connectivity index (χ4n) is 3.39. The fourth-order valence-corrected chi connectivity index (χ4v) is 3.39. The number of hydrogen-bond acceptors (Lipinski definition) is 2. The molecule has 0 bridgehead atoms. The van der Waals surface area contributed by atoms with Crippen LogP contribution >= 0.6 is 0 Å². The molecule has 1 aliphatic carbocycles. The molecular weight excluding hydrogens is 310 g/mol. The first kappa shape index (κ1) is 15.3.